The number of likely N-dealkylation sites (N-methyl/N-ethyl adjacent to an activating group) is 1. The van der Waals surface area contributed by atoms with Crippen LogP contribution in [0.5, 0.6) is 0 Å². The Bertz CT molecular complexity index is 581. The van der Waals surface area contributed by atoms with Crippen molar-refractivity contribution in [3.63, 3.8) is 0 Å². The van der Waals surface area contributed by atoms with Crippen LogP contribution >= 0.6 is 0 Å². The molecule has 7 nitrogen and oxygen atoms in total. The summed E-state index contributed by atoms with van der Waals surface area (Å²) in [5, 5.41) is 10.0. The predicted octanol–water partition coefficient (Wildman–Crippen LogP) is 0.152. The Morgan fingerprint density at radius 1 is 1.48 bits per heavy atom. The van der Waals surface area contributed by atoms with E-state index in [0.29, 0.717) is 19.6 Å². The molecule has 0 saturated carbocycles. The first-order valence-electron chi connectivity index (χ1n) is 7.23. The van der Waals surface area contributed by atoms with Gasteiger partial charge in [0.25, 0.3) is 10.0 Å². The van der Waals surface area contributed by atoms with Gasteiger partial charge in [-0.2, -0.15) is 9.40 Å². The highest BCUT2D eigenvalue weighted by Gasteiger charge is 2.34. The topological polar surface area (TPSA) is 81.3 Å². The first kappa shape index (κ1) is 16.4. The van der Waals surface area contributed by atoms with Crippen LogP contribution in [0.4, 0.5) is 0 Å². The summed E-state index contributed by atoms with van der Waals surface area (Å²) >= 11 is 0. The van der Waals surface area contributed by atoms with Crippen molar-refractivity contribution >= 4 is 10.0 Å². The van der Waals surface area contributed by atoms with Crippen LogP contribution in [0.2, 0.25) is 0 Å². The Hall–Kier alpha value is -0.960. The third kappa shape index (κ3) is 3.28. The summed E-state index contributed by atoms with van der Waals surface area (Å²) in [4.78, 5) is 2.09. The molecule has 0 spiro atoms. The van der Waals surface area contributed by atoms with Crippen LogP contribution in [0.3, 0.4) is 0 Å². The lowest BCUT2D eigenvalue weighted by Gasteiger charge is -2.35. The number of rotatable bonds is 5. The summed E-state index contributed by atoms with van der Waals surface area (Å²) in [5.41, 5.74) is 1.52. The average molecular weight is 315 g/mol. The number of aromatic amines is 1. The van der Waals surface area contributed by atoms with E-state index in [4.69, 9.17) is 0 Å². The number of hydrogen-bond donors (Lipinski definition) is 2. The molecule has 1 unspecified atom stereocenters. The van der Waals surface area contributed by atoms with Gasteiger partial charge < -0.3 is 10.2 Å². The molecule has 0 bridgehead atoms. The van der Waals surface area contributed by atoms with Crippen molar-refractivity contribution in [3.8, 4) is 0 Å². The second-order valence-electron chi connectivity index (χ2n) is 5.79. The van der Waals surface area contributed by atoms with Gasteiger partial charge in [-0.25, -0.2) is 8.42 Å². The summed E-state index contributed by atoms with van der Waals surface area (Å²) in [5.74, 6) is 0. The minimum atomic E-state index is -3.54. The quantitative estimate of drug-likeness (QED) is 0.808. The molecule has 120 valence electrons. The normalized spacial score (nSPS) is 21.1. The fourth-order valence-corrected chi connectivity index (χ4v) is 4.39. The van der Waals surface area contributed by atoms with Gasteiger partial charge in [0.05, 0.1) is 0 Å². The highest BCUT2D eigenvalue weighted by Crippen LogP contribution is 2.24. The second kappa shape index (κ2) is 6.43. The van der Waals surface area contributed by atoms with Gasteiger partial charge in [0.1, 0.15) is 0 Å². The lowest BCUT2D eigenvalue weighted by atomic mass is 10.1. The number of piperidine rings is 1. The van der Waals surface area contributed by atoms with Crippen molar-refractivity contribution in [3.05, 3.63) is 11.3 Å². The van der Waals surface area contributed by atoms with Crippen LogP contribution in [-0.2, 0) is 16.6 Å². The molecule has 8 heteroatoms. The van der Waals surface area contributed by atoms with Crippen molar-refractivity contribution in [2.75, 3.05) is 34.2 Å². The fraction of sp³-hybridized carbons (Fsp3) is 0.769. The van der Waals surface area contributed by atoms with Crippen molar-refractivity contribution in [2.24, 2.45) is 0 Å². The van der Waals surface area contributed by atoms with Crippen LogP contribution in [-0.4, -0.2) is 68.1 Å². The second-order valence-corrected chi connectivity index (χ2v) is 7.64. The molecular weight excluding hydrogens is 290 g/mol. The third-order valence-corrected chi connectivity index (χ3v) is 5.90. The summed E-state index contributed by atoms with van der Waals surface area (Å²) in [6.45, 7) is 3.43. The smallest absolute Gasteiger partial charge is 0.262 e. The molecule has 1 saturated heterocycles. The van der Waals surface area contributed by atoms with E-state index in [0.717, 1.165) is 24.1 Å². The van der Waals surface area contributed by atoms with Gasteiger partial charge >= 0.3 is 0 Å². The van der Waals surface area contributed by atoms with Crippen LogP contribution in [0.1, 0.15) is 24.1 Å². The highest BCUT2D eigenvalue weighted by molar-refractivity contribution is 7.89. The van der Waals surface area contributed by atoms with Gasteiger partial charge in [-0.3, -0.25) is 5.10 Å². The molecule has 1 aromatic rings. The minimum Gasteiger partial charge on any atom is -0.316 e. The maximum absolute atomic E-state index is 12.9. The zero-order valence-electron chi connectivity index (χ0n) is 13.2. The van der Waals surface area contributed by atoms with E-state index >= 15 is 0 Å². The van der Waals surface area contributed by atoms with Crippen molar-refractivity contribution in [2.45, 2.75) is 37.4 Å². The summed E-state index contributed by atoms with van der Waals surface area (Å²) < 4.78 is 27.3. The van der Waals surface area contributed by atoms with Crippen molar-refractivity contribution < 1.29 is 8.42 Å². The van der Waals surface area contributed by atoms with E-state index in [-0.39, 0.29) is 11.1 Å². The summed E-state index contributed by atoms with van der Waals surface area (Å²) in [6, 6.07) is 0.265. The number of nitrogens with one attached hydrogen (secondary N) is 2. The van der Waals surface area contributed by atoms with Crippen LogP contribution in [0, 0.1) is 6.92 Å². The monoisotopic (exact) mass is 315 g/mol. The average Bonchev–Trinajstić information content (AvgIpc) is 2.81. The molecule has 0 radical (unpaired) electrons. The molecule has 2 N–H and O–H groups in total. The minimum absolute atomic E-state index is 0.161. The Morgan fingerprint density at radius 3 is 2.81 bits per heavy atom. The number of aryl methyl sites for hydroxylation is 1. The molecule has 2 rings (SSSR count). The van der Waals surface area contributed by atoms with Gasteiger partial charge in [0, 0.05) is 36.9 Å². The van der Waals surface area contributed by atoms with E-state index in [2.05, 4.69) is 20.4 Å². The van der Waals surface area contributed by atoms with Crippen LogP contribution in [0.25, 0.3) is 0 Å². The van der Waals surface area contributed by atoms with E-state index in [1.54, 1.807) is 11.4 Å². The molecule has 1 fully saturated rings. The Morgan fingerprint density at radius 2 is 2.19 bits per heavy atom. The zero-order chi connectivity index (χ0) is 15.6. The van der Waals surface area contributed by atoms with Gasteiger partial charge in [-0.05, 0) is 40.9 Å². The van der Waals surface area contributed by atoms with Crippen molar-refractivity contribution in [1.29, 1.82) is 0 Å². The predicted molar refractivity (Wildman–Crippen MR) is 81.6 cm³/mol. The molecule has 2 heterocycles. The first-order valence-corrected chi connectivity index (χ1v) is 8.67. The molecule has 1 aliphatic rings. The molecule has 0 aromatic carbocycles. The number of nitrogens with zero attached hydrogens (tertiary/aromatic N) is 3. The summed E-state index contributed by atoms with van der Waals surface area (Å²) in [7, 11) is 2.25. The molecule has 0 amide bonds. The lowest BCUT2D eigenvalue weighted by Crippen LogP contribution is -2.47. The van der Waals surface area contributed by atoms with E-state index < -0.39 is 10.0 Å². The van der Waals surface area contributed by atoms with Gasteiger partial charge in [-0.15, -0.1) is 0 Å². The maximum atomic E-state index is 12.9. The lowest BCUT2D eigenvalue weighted by molar-refractivity contribution is 0.190. The van der Waals surface area contributed by atoms with Gasteiger partial charge in [-0.1, -0.05) is 0 Å². The Labute approximate surface area is 126 Å². The number of H-pyrrole nitrogens is 1. The highest BCUT2D eigenvalue weighted by atomic mass is 32.2. The molecule has 1 aliphatic heterocycles. The third-order valence-electron chi connectivity index (χ3n) is 4.06. The fourth-order valence-electron chi connectivity index (χ4n) is 2.71. The van der Waals surface area contributed by atoms with Gasteiger partial charge in [0.15, 0.2) is 5.03 Å². The Balaban J connectivity index is 2.29. The number of hydrogen-bond acceptors (Lipinski definition) is 5. The van der Waals surface area contributed by atoms with Gasteiger partial charge in [0.2, 0.25) is 0 Å². The van der Waals surface area contributed by atoms with E-state index in [1.807, 2.05) is 21.0 Å². The SMILES string of the molecule is CNCc1c(S(=O)(=O)N2CCCC(N(C)C)C2)n[nH]c1C. The molecule has 1 atom stereocenters. The molecule has 21 heavy (non-hydrogen) atoms. The molecular formula is C13H25N5O2S. The maximum Gasteiger partial charge on any atom is 0.262 e. The number of sulfonamides is 1. The number of aromatic nitrogens is 2. The van der Waals surface area contributed by atoms with E-state index in [9.17, 15) is 8.42 Å². The molecule has 1 aromatic heterocycles. The van der Waals surface area contributed by atoms with Crippen LogP contribution < -0.4 is 5.32 Å². The van der Waals surface area contributed by atoms with Crippen LogP contribution in [0.15, 0.2) is 5.03 Å². The Kier molecular flexibility index (Phi) is 5.03. The molecule has 0 aliphatic carbocycles. The first-order chi connectivity index (χ1) is 9.87. The van der Waals surface area contributed by atoms with E-state index in [1.165, 1.54) is 0 Å². The largest absolute Gasteiger partial charge is 0.316 e. The standard InChI is InChI=1S/C13H25N5O2S/c1-10-12(8-14-2)13(16-15-10)21(19,20)18-7-5-6-11(9-18)17(3)4/h11,14H,5-9H2,1-4H3,(H,15,16). The van der Waals surface area contributed by atoms with Crippen molar-refractivity contribution in [1.82, 2.24) is 24.7 Å². The zero-order valence-corrected chi connectivity index (χ0v) is 14.0. The summed E-state index contributed by atoms with van der Waals surface area (Å²) in [6.07, 6.45) is 1.91.